The second-order valence-electron chi connectivity index (χ2n) is 5.40. The lowest BCUT2D eigenvalue weighted by atomic mass is 10.1. The molecule has 2 aromatic rings. The van der Waals surface area contributed by atoms with E-state index >= 15 is 0 Å². The van der Waals surface area contributed by atoms with Crippen molar-refractivity contribution in [2.24, 2.45) is 5.10 Å². The van der Waals surface area contributed by atoms with Gasteiger partial charge in [0.2, 0.25) is 6.79 Å². The van der Waals surface area contributed by atoms with Gasteiger partial charge in [0.1, 0.15) is 0 Å². The van der Waals surface area contributed by atoms with Crippen molar-refractivity contribution in [3.05, 3.63) is 59.2 Å². The summed E-state index contributed by atoms with van der Waals surface area (Å²) in [6.07, 6.45) is 1.49. The van der Waals surface area contributed by atoms with Gasteiger partial charge in [-0.1, -0.05) is 18.2 Å². The van der Waals surface area contributed by atoms with E-state index in [1.165, 1.54) is 6.21 Å². The number of carbonyl (C=O) groups is 2. The Balaban J connectivity index is 1.48. The number of nitrogens with one attached hydrogen (secondary N) is 2. The van der Waals surface area contributed by atoms with Crippen molar-refractivity contribution in [3.8, 4) is 11.5 Å². The molecule has 0 saturated carbocycles. The van der Waals surface area contributed by atoms with Crippen molar-refractivity contribution in [3.63, 3.8) is 0 Å². The molecule has 0 radical (unpaired) electrons. The van der Waals surface area contributed by atoms with Crippen LogP contribution in [0.5, 0.6) is 11.5 Å². The van der Waals surface area contributed by atoms with Crippen LogP contribution in [0.4, 0.5) is 0 Å². The van der Waals surface area contributed by atoms with E-state index in [1.807, 2.05) is 19.1 Å². The van der Waals surface area contributed by atoms with Crippen LogP contribution in [-0.2, 0) is 4.79 Å². The van der Waals surface area contributed by atoms with E-state index in [-0.39, 0.29) is 19.2 Å². The standard InChI is InChI=1S/C18H17N3O4/c1-12-4-2-3-5-14(12)18(23)19-10-17(22)21-20-9-13-6-7-15-16(8-13)25-11-24-15/h2-9H,10-11H2,1H3,(H,19,23)(H,21,22)/b20-9+. The maximum absolute atomic E-state index is 12.0. The van der Waals surface area contributed by atoms with Gasteiger partial charge in [0.25, 0.3) is 11.8 Å². The van der Waals surface area contributed by atoms with Gasteiger partial charge in [0, 0.05) is 5.56 Å². The summed E-state index contributed by atoms with van der Waals surface area (Å²) in [6.45, 7) is 1.88. The predicted molar refractivity (Wildman–Crippen MR) is 91.8 cm³/mol. The minimum absolute atomic E-state index is 0.161. The first kappa shape index (κ1) is 16.5. The minimum atomic E-state index is -0.418. The van der Waals surface area contributed by atoms with E-state index < -0.39 is 5.91 Å². The third-order valence-electron chi connectivity index (χ3n) is 3.60. The molecule has 0 saturated heterocycles. The van der Waals surface area contributed by atoms with Gasteiger partial charge in [-0.2, -0.15) is 5.10 Å². The predicted octanol–water partition coefficient (Wildman–Crippen LogP) is 1.60. The van der Waals surface area contributed by atoms with Crippen LogP contribution < -0.4 is 20.2 Å². The van der Waals surface area contributed by atoms with Gasteiger partial charge in [0.05, 0.1) is 12.8 Å². The average molecular weight is 339 g/mol. The maximum atomic E-state index is 12.0. The zero-order valence-corrected chi connectivity index (χ0v) is 13.6. The number of aryl methyl sites for hydroxylation is 1. The molecule has 2 amide bonds. The van der Waals surface area contributed by atoms with E-state index in [0.29, 0.717) is 17.1 Å². The van der Waals surface area contributed by atoms with Crippen LogP contribution in [0.3, 0.4) is 0 Å². The fourth-order valence-corrected chi connectivity index (χ4v) is 2.30. The van der Waals surface area contributed by atoms with Crippen LogP contribution in [0.1, 0.15) is 21.5 Å². The minimum Gasteiger partial charge on any atom is -0.454 e. The highest BCUT2D eigenvalue weighted by atomic mass is 16.7. The summed E-state index contributed by atoms with van der Waals surface area (Å²) < 4.78 is 10.5. The first-order chi connectivity index (χ1) is 12.1. The quantitative estimate of drug-likeness (QED) is 0.640. The van der Waals surface area contributed by atoms with Gasteiger partial charge in [-0.05, 0) is 42.3 Å². The Bertz CT molecular complexity index is 833. The number of benzene rings is 2. The summed E-state index contributed by atoms with van der Waals surface area (Å²) in [5, 5.41) is 6.42. The SMILES string of the molecule is Cc1ccccc1C(=O)NCC(=O)N/N=C/c1ccc2c(c1)OCO2. The first-order valence-electron chi connectivity index (χ1n) is 7.69. The molecule has 2 N–H and O–H groups in total. The molecule has 0 spiro atoms. The van der Waals surface area contributed by atoms with Crippen LogP contribution in [-0.4, -0.2) is 31.4 Å². The summed E-state index contributed by atoms with van der Waals surface area (Å²) >= 11 is 0. The molecule has 7 nitrogen and oxygen atoms in total. The molecule has 1 aliphatic heterocycles. The Morgan fingerprint density at radius 3 is 2.80 bits per heavy atom. The molecule has 1 heterocycles. The lowest BCUT2D eigenvalue weighted by molar-refractivity contribution is -0.120. The summed E-state index contributed by atoms with van der Waals surface area (Å²) in [5.74, 6) is 0.604. The van der Waals surface area contributed by atoms with Crippen LogP contribution in [0.2, 0.25) is 0 Å². The zero-order chi connectivity index (χ0) is 17.6. The van der Waals surface area contributed by atoms with Gasteiger partial charge in [0.15, 0.2) is 11.5 Å². The first-order valence-corrected chi connectivity index (χ1v) is 7.69. The van der Waals surface area contributed by atoms with Crippen molar-refractivity contribution in [1.29, 1.82) is 0 Å². The molecule has 1 aliphatic rings. The van der Waals surface area contributed by atoms with Crippen LogP contribution in [0.25, 0.3) is 0 Å². The van der Waals surface area contributed by atoms with Crippen LogP contribution in [0.15, 0.2) is 47.6 Å². The van der Waals surface area contributed by atoms with Gasteiger partial charge in [-0.3, -0.25) is 9.59 Å². The van der Waals surface area contributed by atoms with E-state index in [0.717, 1.165) is 11.1 Å². The number of hydrazone groups is 1. The maximum Gasteiger partial charge on any atom is 0.259 e. The van der Waals surface area contributed by atoms with E-state index in [9.17, 15) is 9.59 Å². The highest BCUT2D eigenvalue weighted by molar-refractivity contribution is 5.97. The summed E-state index contributed by atoms with van der Waals surface area (Å²) in [4.78, 5) is 23.8. The number of rotatable bonds is 5. The molecule has 0 aromatic heterocycles. The highest BCUT2D eigenvalue weighted by Gasteiger charge is 2.12. The molecule has 3 rings (SSSR count). The molecule has 0 bridgehead atoms. The molecule has 25 heavy (non-hydrogen) atoms. The molecule has 2 aromatic carbocycles. The Hall–Kier alpha value is -3.35. The molecule has 0 atom stereocenters. The Morgan fingerprint density at radius 1 is 1.16 bits per heavy atom. The third kappa shape index (κ3) is 4.14. The summed E-state index contributed by atoms with van der Waals surface area (Å²) in [7, 11) is 0. The Morgan fingerprint density at radius 2 is 1.96 bits per heavy atom. The van der Waals surface area contributed by atoms with Gasteiger partial charge in [-0.25, -0.2) is 5.43 Å². The smallest absolute Gasteiger partial charge is 0.259 e. The van der Waals surface area contributed by atoms with Crippen LogP contribution in [0, 0.1) is 6.92 Å². The fraction of sp³-hybridized carbons (Fsp3) is 0.167. The van der Waals surface area contributed by atoms with Crippen LogP contribution >= 0.6 is 0 Å². The fourth-order valence-electron chi connectivity index (χ4n) is 2.30. The molecule has 0 aliphatic carbocycles. The number of nitrogens with zero attached hydrogens (tertiary/aromatic N) is 1. The summed E-state index contributed by atoms with van der Waals surface area (Å²) in [6, 6.07) is 12.5. The number of fused-ring (bicyclic) bond motifs is 1. The van der Waals surface area contributed by atoms with Crippen molar-refractivity contribution < 1.29 is 19.1 Å². The molecular formula is C18H17N3O4. The Labute approximate surface area is 144 Å². The zero-order valence-electron chi connectivity index (χ0n) is 13.6. The molecule has 0 fully saturated rings. The number of hydrogen-bond acceptors (Lipinski definition) is 5. The third-order valence-corrected chi connectivity index (χ3v) is 3.60. The monoisotopic (exact) mass is 339 g/mol. The van der Waals surface area contributed by atoms with Gasteiger partial charge in [-0.15, -0.1) is 0 Å². The molecular weight excluding hydrogens is 322 g/mol. The van der Waals surface area contributed by atoms with Crippen molar-refractivity contribution in [2.75, 3.05) is 13.3 Å². The topological polar surface area (TPSA) is 89.0 Å². The lowest BCUT2D eigenvalue weighted by Crippen LogP contribution is -2.35. The second kappa shape index (κ2) is 7.48. The van der Waals surface area contributed by atoms with Crippen molar-refractivity contribution in [2.45, 2.75) is 6.92 Å². The number of hydrogen-bond donors (Lipinski definition) is 2. The number of ether oxygens (including phenoxy) is 2. The van der Waals surface area contributed by atoms with E-state index in [1.54, 1.807) is 30.3 Å². The van der Waals surface area contributed by atoms with Gasteiger partial charge >= 0.3 is 0 Å². The largest absolute Gasteiger partial charge is 0.454 e. The number of amides is 2. The second-order valence-corrected chi connectivity index (χ2v) is 5.40. The van der Waals surface area contributed by atoms with Crippen molar-refractivity contribution in [1.82, 2.24) is 10.7 Å². The molecule has 0 unspecified atom stereocenters. The van der Waals surface area contributed by atoms with Crippen molar-refractivity contribution >= 4 is 18.0 Å². The normalized spacial score (nSPS) is 12.2. The van der Waals surface area contributed by atoms with E-state index in [4.69, 9.17) is 9.47 Å². The highest BCUT2D eigenvalue weighted by Crippen LogP contribution is 2.31. The van der Waals surface area contributed by atoms with E-state index in [2.05, 4.69) is 15.8 Å². The average Bonchev–Trinajstić information content (AvgIpc) is 3.08. The number of carbonyl (C=O) groups excluding carboxylic acids is 2. The molecule has 7 heteroatoms. The Kier molecular flexibility index (Phi) is 4.94. The van der Waals surface area contributed by atoms with Gasteiger partial charge < -0.3 is 14.8 Å². The summed E-state index contributed by atoms with van der Waals surface area (Å²) in [5.41, 5.74) is 4.51. The lowest BCUT2D eigenvalue weighted by Gasteiger charge is -2.06. The molecule has 128 valence electrons.